The average molecular weight is 382 g/mol. The summed E-state index contributed by atoms with van der Waals surface area (Å²) in [6, 6.07) is 20.6. The number of fused-ring (bicyclic) bond motifs is 1. The summed E-state index contributed by atoms with van der Waals surface area (Å²) in [6.07, 6.45) is 1.38. The van der Waals surface area contributed by atoms with Gasteiger partial charge in [0.05, 0.1) is 12.2 Å². The number of nitrogen functional groups attached to an aromatic ring is 1. The first kappa shape index (κ1) is 18.2. The van der Waals surface area contributed by atoms with Crippen LogP contribution >= 0.6 is 0 Å². The molecule has 0 saturated heterocycles. The number of anilines is 2. The van der Waals surface area contributed by atoms with E-state index >= 15 is 0 Å². The lowest BCUT2D eigenvalue weighted by Gasteiger charge is -2.21. The predicted molar refractivity (Wildman–Crippen MR) is 113 cm³/mol. The van der Waals surface area contributed by atoms with Crippen molar-refractivity contribution in [2.75, 3.05) is 11.1 Å². The molecule has 0 saturated carbocycles. The van der Waals surface area contributed by atoms with E-state index in [0.717, 1.165) is 16.8 Å². The molecule has 0 bridgehead atoms. The number of para-hydroxylation sites is 1. The fraction of sp³-hybridized carbons (Fsp3) is 0.0909. The van der Waals surface area contributed by atoms with Gasteiger partial charge in [-0.1, -0.05) is 36.4 Å². The molecule has 2 aromatic heterocycles. The standard InChI is InChI=1S/C22H18N6O/c1-14(26-20-16(12-23)13-25-22(24)27-20)19-11-15-7-5-6-10-18(15)21(29)28(19)17-8-3-2-4-9-17/h2-11,13-14H,1H3,(H3,24,25,26,27)/t14-/m0/s1. The van der Waals surface area contributed by atoms with Gasteiger partial charge in [-0.25, -0.2) is 4.98 Å². The first-order chi connectivity index (χ1) is 14.1. The lowest BCUT2D eigenvalue weighted by Crippen LogP contribution is -2.25. The highest BCUT2D eigenvalue weighted by atomic mass is 16.1. The topological polar surface area (TPSA) is 110 Å². The van der Waals surface area contributed by atoms with E-state index in [2.05, 4.69) is 21.4 Å². The minimum atomic E-state index is -0.339. The maximum atomic E-state index is 13.3. The van der Waals surface area contributed by atoms with Crippen LogP contribution in [0.4, 0.5) is 11.8 Å². The van der Waals surface area contributed by atoms with Crippen LogP contribution in [-0.4, -0.2) is 14.5 Å². The maximum absolute atomic E-state index is 13.3. The highest BCUT2D eigenvalue weighted by molar-refractivity contribution is 5.82. The van der Waals surface area contributed by atoms with E-state index in [0.29, 0.717) is 11.2 Å². The van der Waals surface area contributed by atoms with Gasteiger partial charge in [0.15, 0.2) is 0 Å². The minimum Gasteiger partial charge on any atom is -0.368 e. The average Bonchev–Trinajstić information content (AvgIpc) is 2.74. The van der Waals surface area contributed by atoms with Crippen LogP contribution in [0.3, 0.4) is 0 Å². The molecule has 3 N–H and O–H groups in total. The van der Waals surface area contributed by atoms with Crippen molar-refractivity contribution in [1.82, 2.24) is 14.5 Å². The van der Waals surface area contributed by atoms with Gasteiger partial charge < -0.3 is 11.1 Å². The lowest BCUT2D eigenvalue weighted by molar-refractivity contribution is 0.772. The summed E-state index contributed by atoms with van der Waals surface area (Å²) in [5.74, 6) is 0.394. The molecule has 1 atom stereocenters. The van der Waals surface area contributed by atoms with Gasteiger partial charge in [0.25, 0.3) is 5.56 Å². The molecule has 4 rings (SSSR count). The highest BCUT2D eigenvalue weighted by Gasteiger charge is 2.18. The van der Waals surface area contributed by atoms with Gasteiger partial charge >= 0.3 is 0 Å². The van der Waals surface area contributed by atoms with E-state index < -0.39 is 0 Å². The summed E-state index contributed by atoms with van der Waals surface area (Å²) >= 11 is 0. The van der Waals surface area contributed by atoms with Gasteiger partial charge in [0.1, 0.15) is 17.5 Å². The molecule has 2 aromatic carbocycles. The smallest absolute Gasteiger partial charge is 0.263 e. The first-order valence-corrected chi connectivity index (χ1v) is 9.08. The number of nitriles is 1. The number of aromatic nitrogens is 3. The Morgan fingerprint density at radius 2 is 1.86 bits per heavy atom. The van der Waals surface area contributed by atoms with Crippen molar-refractivity contribution in [2.24, 2.45) is 0 Å². The van der Waals surface area contributed by atoms with Crippen LogP contribution in [-0.2, 0) is 0 Å². The Bertz CT molecular complexity index is 1290. The number of rotatable bonds is 4. The van der Waals surface area contributed by atoms with Crippen LogP contribution in [0.1, 0.15) is 24.2 Å². The largest absolute Gasteiger partial charge is 0.368 e. The van der Waals surface area contributed by atoms with E-state index in [-0.39, 0.29) is 23.1 Å². The molecule has 7 heteroatoms. The molecule has 0 aliphatic heterocycles. The number of nitrogens with two attached hydrogens (primary N) is 1. The van der Waals surface area contributed by atoms with Crippen LogP contribution in [0.25, 0.3) is 16.5 Å². The molecular formula is C22H18N6O. The first-order valence-electron chi connectivity index (χ1n) is 9.08. The Hall–Kier alpha value is -4.18. The van der Waals surface area contributed by atoms with Crippen LogP contribution in [0.2, 0.25) is 0 Å². The second-order valence-corrected chi connectivity index (χ2v) is 6.60. The van der Waals surface area contributed by atoms with E-state index in [1.54, 1.807) is 4.57 Å². The summed E-state index contributed by atoms with van der Waals surface area (Å²) in [6.45, 7) is 1.91. The predicted octanol–water partition coefficient (Wildman–Crippen LogP) is 3.41. The van der Waals surface area contributed by atoms with Crippen molar-refractivity contribution in [3.05, 3.63) is 88.5 Å². The third kappa shape index (κ3) is 3.39. The van der Waals surface area contributed by atoms with Crippen molar-refractivity contribution in [3.63, 3.8) is 0 Å². The van der Waals surface area contributed by atoms with Gasteiger partial charge in [0.2, 0.25) is 5.95 Å². The molecule has 0 unspecified atom stereocenters. The van der Waals surface area contributed by atoms with Gasteiger partial charge in [-0.2, -0.15) is 10.2 Å². The van der Waals surface area contributed by atoms with E-state index in [9.17, 15) is 10.1 Å². The molecule has 7 nitrogen and oxygen atoms in total. The van der Waals surface area contributed by atoms with Crippen LogP contribution in [0.5, 0.6) is 0 Å². The molecule has 0 aliphatic rings. The second kappa shape index (κ2) is 7.44. The Kier molecular flexibility index (Phi) is 4.67. The Morgan fingerprint density at radius 3 is 2.62 bits per heavy atom. The molecule has 142 valence electrons. The Labute approximate surface area is 167 Å². The van der Waals surface area contributed by atoms with E-state index in [1.807, 2.05) is 67.6 Å². The molecule has 29 heavy (non-hydrogen) atoms. The number of benzene rings is 2. The van der Waals surface area contributed by atoms with Gasteiger partial charge in [0, 0.05) is 16.8 Å². The van der Waals surface area contributed by atoms with Crippen molar-refractivity contribution in [3.8, 4) is 11.8 Å². The van der Waals surface area contributed by atoms with Gasteiger partial charge in [-0.3, -0.25) is 9.36 Å². The quantitative estimate of drug-likeness (QED) is 0.560. The summed E-state index contributed by atoms with van der Waals surface area (Å²) in [5, 5.41) is 14.0. The molecule has 0 fully saturated rings. The van der Waals surface area contributed by atoms with Crippen molar-refractivity contribution < 1.29 is 0 Å². The Morgan fingerprint density at radius 1 is 1.14 bits per heavy atom. The normalized spacial score (nSPS) is 11.7. The van der Waals surface area contributed by atoms with Crippen LogP contribution in [0, 0.1) is 11.3 Å². The molecule has 0 radical (unpaired) electrons. The fourth-order valence-corrected chi connectivity index (χ4v) is 3.31. The third-order valence-electron chi connectivity index (χ3n) is 4.69. The van der Waals surface area contributed by atoms with Crippen molar-refractivity contribution in [2.45, 2.75) is 13.0 Å². The fourth-order valence-electron chi connectivity index (χ4n) is 3.31. The summed E-state index contributed by atoms with van der Waals surface area (Å²) < 4.78 is 1.68. The SMILES string of the molecule is C[C@H](Nc1nc(N)ncc1C#N)c1cc2ccccc2c(=O)n1-c1ccccc1. The zero-order valence-electron chi connectivity index (χ0n) is 15.7. The lowest BCUT2D eigenvalue weighted by atomic mass is 10.1. The molecule has 0 amide bonds. The number of hydrogen-bond donors (Lipinski definition) is 2. The summed E-state index contributed by atoms with van der Waals surface area (Å²) in [7, 11) is 0. The molecular weight excluding hydrogens is 364 g/mol. The van der Waals surface area contributed by atoms with Gasteiger partial charge in [-0.05, 0) is 36.6 Å². The molecule has 0 aliphatic carbocycles. The molecule has 4 aromatic rings. The van der Waals surface area contributed by atoms with Crippen molar-refractivity contribution in [1.29, 1.82) is 5.26 Å². The summed E-state index contributed by atoms with van der Waals surface area (Å²) in [5.41, 5.74) is 7.35. The summed E-state index contributed by atoms with van der Waals surface area (Å²) in [4.78, 5) is 21.3. The number of nitrogens with zero attached hydrogens (tertiary/aromatic N) is 4. The van der Waals surface area contributed by atoms with Crippen LogP contribution < -0.4 is 16.6 Å². The third-order valence-corrected chi connectivity index (χ3v) is 4.69. The zero-order valence-corrected chi connectivity index (χ0v) is 15.7. The van der Waals surface area contributed by atoms with Crippen LogP contribution in [0.15, 0.2) is 71.7 Å². The molecule has 0 spiro atoms. The highest BCUT2D eigenvalue weighted by Crippen LogP contribution is 2.25. The van der Waals surface area contributed by atoms with E-state index in [4.69, 9.17) is 5.73 Å². The molecule has 2 heterocycles. The van der Waals surface area contributed by atoms with E-state index in [1.165, 1.54) is 6.20 Å². The number of pyridine rings is 1. The minimum absolute atomic E-state index is 0.0673. The van der Waals surface area contributed by atoms with Gasteiger partial charge in [-0.15, -0.1) is 0 Å². The number of nitrogens with one attached hydrogen (secondary N) is 1. The Balaban J connectivity index is 1.90. The van der Waals surface area contributed by atoms with Crippen molar-refractivity contribution >= 4 is 22.5 Å². The monoisotopic (exact) mass is 382 g/mol. The number of hydrogen-bond acceptors (Lipinski definition) is 6. The zero-order chi connectivity index (χ0) is 20.4. The second-order valence-electron chi connectivity index (χ2n) is 6.60. The maximum Gasteiger partial charge on any atom is 0.263 e.